The first kappa shape index (κ1) is 14.8. The second-order valence-electron chi connectivity index (χ2n) is 6.51. The van der Waals surface area contributed by atoms with E-state index in [4.69, 9.17) is 10.5 Å². The van der Waals surface area contributed by atoms with Crippen molar-refractivity contribution in [3.05, 3.63) is 0 Å². The minimum atomic E-state index is 0.150. The maximum Gasteiger partial charge on any atom is 0.226 e. The fraction of sp³-hybridized carbons (Fsp3) is 0.933. The van der Waals surface area contributed by atoms with Crippen LogP contribution in [-0.4, -0.2) is 42.6 Å². The highest BCUT2D eigenvalue weighted by atomic mass is 16.5. The van der Waals surface area contributed by atoms with E-state index < -0.39 is 0 Å². The smallest absolute Gasteiger partial charge is 0.226 e. The molecule has 110 valence electrons. The molecular weight excluding hydrogens is 240 g/mol. The Labute approximate surface area is 116 Å². The van der Waals surface area contributed by atoms with Gasteiger partial charge in [-0.25, -0.2) is 0 Å². The van der Waals surface area contributed by atoms with E-state index in [1.807, 2.05) is 0 Å². The predicted molar refractivity (Wildman–Crippen MR) is 75.7 cm³/mol. The Balaban J connectivity index is 1.98. The lowest BCUT2D eigenvalue weighted by atomic mass is 9.84. The van der Waals surface area contributed by atoms with E-state index in [0.29, 0.717) is 25.0 Å². The molecule has 2 aliphatic rings. The zero-order valence-corrected chi connectivity index (χ0v) is 12.3. The zero-order valence-electron chi connectivity index (χ0n) is 12.3. The van der Waals surface area contributed by atoms with Crippen molar-refractivity contribution in [3.8, 4) is 0 Å². The van der Waals surface area contributed by atoms with E-state index >= 15 is 0 Å². The van der Waals surface area contributed by atoms with Gasteiger partial charge < -0.3 is 15.4 Å². The van der Waals surface area contributed by atoms with Crippen LogP contribution < -0.4 is 5.73 Å². The van der Waals surface area contributed by atoms with Crippen LogP contribution in [0.5, 0.6) is 0 Å². The van der Waals surface area contributed by atoms with Gasteiger partial charge in [-0.05, 0) is 31.6 Å². The number of carbonyl (C=O) groups is 1. The van der Waals surface area contributed by atoms with E-state index in [1.165, 1.54) is 0 Å². The molecule has 3 atom stereocenters. The molecule has 1 saturated carbocycles. The van der Waals surface area contributed by atoms with Crippen LogP contribution in [0.2, 0.25) is 0 Å². The number of nitrogens with zero attached hydrogens (tertiary/aromatic N) is 1. The van der Waals surface area contributed by atoms with Gasteiger partial charge in [-0.2, -0.15) is 0 Å². The molecule has 4 nitrogen and oxygen atoms in total. The first-order valence-corrected chi connectivity index (χ1v) is 7.71. The lowest BCUT2D eigenvalue weighted by molar-refractivity contribution is -0.146. The highest BCUT2D eigenvalue weighted by Gasteiger charge is 2.34. The molecule has 1 heterocycles. The SMILES string of the molecule is CC(C)CC1COCCN1C(=O)C1CCCC(N)C1. The number of hydrogen-bond acceptors (Lipinski definition) is 3. The van der Waals surface area contributed by atoms with Gasteiger partial charge in [-0.3, -0.25) is 4.79 Å². The van der Waals surface area contributed by atoms with Crippen molar-refractivity contribution in [3.63, 3.8) is 0 Å². The van der Waals surface area contributed by atoms with Gasteiger partial charge in [0.2, 0.25) is 5.91 Å². The number of amides is 1. The Kier molecular flexibility index (Phi) is 5.22. The Morgan fingerprint density at radius 3 is 2.89 bits per heavy atom. The highest BCUT2D eigenvalue weighted by molar-refractivity contribution is 5.79. The molecule has 1 saturated heterocycles. The molecule has 0 radical (unpaired) electrons. The van der Waals surface area contributed by atoms with E-state index in [1.54, 1.807) is 0 Å². The third-order valence-electron chi connectivity index (χ3n) is 4.32. The minimum absolute atomic E-state index is 0.150. The van der Waals surface area contributed by atoms with Crippen LogP contribution in [0.4, 0.5) is 0 Å². The summed E-state index contributed by atoms with van der Waals surface area (Å²) < 4.78 is 5.55. The number of carbonyl (C=O) groups excluding carboxylic acids is 1. The summed E-state index contributed by atoms with van der Waals surface area (Å²) in [4.78, 5) is 14.8. The maximum absolute atomic E-state index is 12.7. The number of ether oxygens (including phenoxy) is 1. The molecule has 0 aromatic carbocycles. The Hall–Kier alpha value is -0.610. The van der Waals surface area contributed by atoms with Crippen LogP contribution in [-0.2, 0) is 9.53 Å². The molecule has 0 aromatic rings. The van der Waals surface area contributed by atoms with Crippen LogP contribution in [0.3, 0.4) is 0 Å². The Bertz CT molecular complexity index is 307. The summed E-state index contributed by atoms with van der Waals surface area (Å²) in [7, 11) is 0. The summed E-state index contributed by atoms with van der Waals surface area (Å²) in [6, 6.07) is 0.478. The largest absolute Gasteiger partial charge is 0.377 e. The lowest BCUT2D eigenvalue weighted by Gasteiger charge is -2.39. The Morgan fingerprint density at radius 1 is 1.42 bits per heavy atom. The van der Waals surface area contributed by atoms with Gasteiger partial charge in [0, 0.05) is 18.5 Å². The standard InChI is InChI=1S/C15H28N2O2/c1-11(2)8-14-10-19-7-6-17(14)15(18)12-4-3-5-13(16)9-12/h11-14H,3-10,16H2,1-2H3. The van der Waals surface area contributed by atoms with E-state index in [9.17, 15) is 4.79 Å². The Morgan fingerprint density at radius 2 is 2.21 bits per heavy atom. The van der Waals surface area contributed by atoms with E-state index in [2.05, 4.69) is 18.7 Å². The van der Waals surface area contributed by atoms with Gasteiger partial charge in [0.1, 0.15) is 0 Å². The van der Waals surface area contributed by atoms with Crippen LogP contribution in [0.1, 0.15) is 46.0 Å². The van der Waals surface area contributed by atoms with Gasteiger partial charge in [-0.15, -0.1) is 0 Å². The molecule has 4 heteroatoms. The quantitative estimate of drug-likeness (QED) is 0.849. The lowest BCUT2D eigenvalue weighted by Crippen LogP contribution is -2.52. The molecule has 0 spiro atoms. The number of rotatable bonds is 3. The van der Waals surface area contributed by atoms with Crippen molar-refractivity contribution in [2.45, 2.75) is 58.0 Å². The van der Waals surface area contributed by atoms with E-state index in [0.717, 1.165) is 38.6 Å². The average Bonchev–Trinajstić information content (AvgIpc) is 2.38. The van der Waals surface area contributed by atoms with Gasteiger partial charge in [0.05, 0.1) is 19.3 Å². The monoisotopic (exact) mass is 268 g/mol. The fourth-order valence-corrected chi connectivity index (χ4v) is 3.37. The summed E-state index contributed by atoms with van der Waals surface area (Å²) >= 11 is 0. The number of morpholine rings is 1. The molecule has 19 heavy (non-hydrogen) atoms. The summed E-state index contributed by atoms with van der Waals surface area (Å²) in [5.74, 6) is 1.07. The van der Waals surface area contributed by atoms with Crippen molar-refractivity contribution in [1.82, 2.24) is 4.90 Å². The summed E-state index contributed by atoms with van der Waals surface area (Å²) in [6.45, 7) is 6.53. The molecular formula is C15H28N2O2. The average molecular weight is 268 g/mol. The van der Waals surface area contributed by atoms with E-state index in [-0.39, 0.29) is 18.0 Å². The fourth-order valence-electron chi connectivity index (χ4n) is 3.37. The molecule has 1 aliphatic heterocycles. The molecule has 2 N–H and O–H groups in total. The molecule has 1 aliphatic carbocycles. The van der Waals surface area contributed by atoms with Gasteiger partial charge >= 0.3 is 0 Å². The van der Waals surface area contributed by atoms with Gasteiger partial charge in [0.25, 0.3) is 0 Å². The first-order valence-electron chi connectivity index (χ1n) is 7.71. The third-order valence-corrected chi connectivity index (χ3v) is 4.32. The minimum Gasteiger partial charge on any atom is -0.377 e. The van der Waals surface area contributed by atoms with Gasteiger partial charge in [-0.1, -0.05) is 20.3 Å². The van der Waals surface area contributed by atoms with Crippen molar-refractivity contribution < 1.29 is 9.53 Å². The molecule has 0 aromatic heterocycles. The van der Waals surface area contributed by atoms with Crippen molar-refractivity contribution in [1.29, 1.82) is 0 Å². The first-order chi connectivity index (χ1) is 9.08. The van der Waals surface area contributed by atoms with Crippen LogP contribution in [0.15, 0.2) is 0 Å². The summed E-state index contributed by atoms with van der Waals surface area (Å²) in [6.07, 6.45) is 5.08. The third kappa shape index (κ3) is 3.93. The highest BCUT2D eigenvalue weighted by Crippen LogP contribution is 2.27. The zero-order chi connectivity index (χ0) is 13.8. The molecule has 0 bridgehead atoms. The number of nitrogens with two attached hydrogens (primary N) is 1. The molecule has 2 rings (SSSR count). The number of hydrogen-bond donors (Lipinski definition) is 1. The van der Waals surface area contributed by atoms with Crippen molar-refractivity contribution >= 4 is 5.91 Å². The van der Waals surface area contributed by atoms with Crippen molar-refractivity contribution in [2.75, 3.05) is 19.8 Å². The molecule has 2 fully saturated rings. The predicted octanol–water partition coefficient (Wildman–Crippen LogP) is 1.78. The topological polar surface area (TPSA) is 55.6 Å². The van der Waals surface area contributed by atoms with Crippen LogP contribution in [0, 0.1) is 11.8 Å². The molecule has 3 unspecified atom stereocenters. The summed E-state index contributed by atoms with van der Waals surface area (Å²) in [5, 5.41) is 0. The second-order valence-corrected chi connectivity index (χ2v) is 6.51. The maximum atomic E-state index is 12.7. The van der Waals surface area contributed by atoms with Crippen LogP contribution in [0.25, 0.3) is 0 Å². The normalized spacial score (nSPS) is 32.6. The second kappa shape index (κ2) is 6.71. The molecule has 1 amide bonds. The summed E-state index contributed by atoms with van der Waals surface area (Å²) in [5.41, 5.74) is 6.01. The van der Waals surface area contributed by atoms with Crippen LogP contribution >= 0.6 is 0 Å². The van der Waals surface area contributed by atoms with Gasteiger partial charge in [0.15, 0.2) is 0 Å². The van der Waals surface area contributed by atoms with Crippen molar-refractivity contribution in [2.24, 2.45) is 17.6 Å².